The molecule has 0 aliphatic heterocycles. The molecule has 0 aliphatic carbocycles. The topological polar surface area (TPSA) is 92.8 Å². The average Bonchev–Trinajstić information content (AvgIpc) is 2.94. The van der Waals surface area contributed by atoms with Crippen molar-refractivity contribution in [3.63, 3.8) is 0 Å². The Balaban J connectivity index is 1.73. The zero-order valence-corrected chi connectivity index (χ0v) is 23.9. The molecule has 0 spiro atoms. The van der Waals surface area contributed by atoms with Crippen LogP contribution in [0.4, 0.5) is 11.4 Å². The number of carbonyl (C=O) groups is 2. The maximum Gasteiger partial charge on any atom is 0.338 e. The first-order chi connectivity index (χ1) is 19.1. The van der Waals surface area contributed by atoms with E-state index in [0.29, 0.717) is 27.4 Å². The molecule has 0 unspecified atom stereocenters. The van der Waals surface area contributed by atoms with E-state index in [1.807, 2.05) is 6.92 Å². The molecule has 1 amide bonds. The molecule has 0 bridgehead atoms. The normalized spacial score (nSPS) is 11.1. The SMILES string of the molecule is CCOC(=O)c1ccc(NC(=O)c2ccccc2N(Cc2ccc(Cl)cc2)S(=O)(=O)c2ccc(C)cc2)c(C)c1. The lowest BCUT2D eigenvalue weighted by atomic mass is 10.1. The van der Waals surface area contributed by atoms with Crippen molar-refractivity contribution >= 4 is 44.9 Å². The van der Waals surface area contributed by atoms with Crippen molar-refractivity contribution in [3.05, 3.63) is 124 Å². The summed E-state index contributed by atoms with van der Waals surface area (Å²) in [6.07, 6.45) is 0. The largest absolute Gasteiger partial charge is 0.462 e. The molecule has 7 nitrogen and oxygen atoms in total. The van der Waals surface area contributed by atoms with Gasteiger partial charge in [-0.15, -0.1) is 0 Å². The van der Waals surface area contributed by atoms with Crippen molar-refractivity contribution in [2.24, 2.45) is 0 Å². The van der Waals surface area contributed by atoms with Crippen LogP contribution in [0.2, 0.25) is 5.02 Å². The lowest BCUT2D eigenvalue weighted by molar-refractivity contribution is 0.0526. The number of nitrogens with zero attached hydrogens (tertiary/aromatic N) is 1. The zero-order valence-electron chi connectivity index (χ0n) is 22.3. The van der Waals surface area contributed by atoms with E-state index in [9.17, 15) is 18.0 Å². The highest BCUT2D eigenvalue weighted by molar-refractivity contribution is 7.92. The summed E-state index contributed by atoms with van der Waals surface area (Å²) < 4.78 is 34.2. The maximum atomic E-state index is 14.0. The van der Waals surface area contributed by atoms with Gasteiger partial charge in [0.1, 0.15) is 0 Å². The molecule has 4 rings (SSSR count). The number of sulfonamides is 1. The summed E-state index contributed by atoms with van der Waals surface area (Å²) >= 11 is 6.05. The molecule has 0 saturated carbocycles. The van der Waals surface area contributed by atoms with Gasteiger partial charge >= 0.3 is 5.97 Å². The van der Waals surface area contributed by atoms with E-state index < -0.39 is 21.9 Å². The van der Waals surface area contributed by atoms with Crippen LogP contribution >= 0.6 is 11.6 Å². The molecule has 4 aromatic rings. The van der Waals surface area contributed by atoms with Gasteiger partial charge < -0.3 is 10.1 Å². The number of amides is 1. The van der Waals surface area contributed by atoms with E-state index >= 15 is 0 Å². The van der Waals surface area contributed by atoms with Gasteiger partial charge in [-0.1, -0.05) is 53.6 Å². The first-order valence-corrected chi connectivity index (χ1v) is 14.4. The quantitative estimate of drug-likeness (QED) is 0.222. The third kappa shape index (κ3) is 6.52. The molecule has 0 atom stereocenters. The van der Waals surface area contributed by atoms with Crippen molar-refractivity contribution in [2.45, 2.75) is 32.2 Å². The summed E-state index contributed by atoms with van der Waals surface area (Å²) in [7, 11) is -4.07. The van der Waals surface area contributed by atoms with Crippen molar-refractivity contribution < 1.29 is 22.7 Å². The first-order valence-electron chi connectivity index (χ1n) is 12.6. The van der Waals surface area contributed by atoms with Crippen LogP contribution in [0, 0.1) is 13.8 Å². The molecule has 206 valence electrons. The van der Waals surface area contributed by atoms with Gasteiger partial charge in [-0.2, -0.15) is 0 Å². The van der Waals surface area contributed by atoms with Gasteiger partial charge in [0.15, 0.2) is 0 Å². The fourth-order valence-corrected chi connectivity index (χ4v) is 5.71. The Bertz CT molecular complexity index is 1640. The molecular weight excluding hydrogens is 548 g/mol. The first kappa shape index (κ1) is 28.9. The summed E-state index contributed by atoms with van der Waals surface area (Å²) in [4.78, 5) is 25.8. The predicted octanol–water partition coefficient (Wildman–Crippen LogP) is 6.78. The number of esters is 1. The fourth-order valence-electron chi connectivity index (χ4n) is 4.11. The van der Waals surface area contributed by atoms with Crippen molar-refractivity contribution in [1.29, 1.82) is 0 Å². The minimum atomic E-state index is -4.07. The Morgan fingerprint density at radius 1 is 0.900 bits per heavy atom. The Hall–Kier alpha value is -4.14. The highest BCUT2D eigenvalue weighted by Gasteiger charge is 2.29. The highest BCUT2D eigenvalue weighted by Crippen LogP contribution is 2.31. The van der Waals surface area contributed by atoms with Gasteiger partial charge in [0, 0.05) is 10.7 Å². The van der Waals surface area contributed by atoms with E-state index in [1.165, 1.54) is 4.31 Å². The van der Waals surface area contributed by atoms with Crippen LogP contribution in [0.25, 0.3) is 0 Å². The summed E-state index contributed by atoms with van der Waals surface area (Å²) in [6, 6.07) is 24.8. The third-order valence-electron chi connectivity index (χ3n) is 6.25. The summed E-state index contributed by atoms with van der Waals surface area (Å²) in [6.45, 7) is 5.60. The Morgan fingerprint density at radius 3 is 2.23 bits per heavy atom. The standard InChI is InChI=1S/C31H29ClN2O5S/c1-4-39-31(36)24-13-18-28(22(3)19-24)33-30(35)27-7-5-6-8-29(27)34(20-23-11-14-25(32)15-12-23)40(37,38)26-16-9-21(2)10-17-26/h5-19H,4,20H2,1-3H3,(H,33,35). The van der Waals surface area contributed by atoms with Crippen LogP contribution in [0.5, 0.6) is 0 Å². The third-order valence-corrected chi connectivity index (χ3v) is 8.28. The number of ether oxygens (including phenoxy) is 1. The fraction of sp³-hybridized carbons (Fsp3) is 0.161. The molecule has 0 aliphatic rings. The number of para-hydroxylation sites is 1. The molecule has 40 heavy (non-hydrogen) atoms. The lowest BCUT2D eigenvalue weighted by Gasteiger charge is -2.27. The second-order valence-electron chi connectivity index (χ2n) is 9.17. The average molecular weight is 577 g/mol. The maximum absolute atomic E-state index is 14.0. The molecule has 0 saturated heterocycles. The van der Waals surface area contributed by atoms with E-state index in [-0.39, 0.29) is 29.3 Å². The van der Waals surface area contributed by atoms with Crippen LogP contribution in [0.15, 0.2) is 95.9 Å². The van der Waals surface area contributed by atoms with Gasteiger partial charge in [0.25, 0.3) is 15.9 Å². The van der Waals surface area contributed by atoms with Gasteiger partial charge in [-0.05, 0) is 86.5 Å². The van der Waals surface area contributed by atoms with E-state index in [2.05, 4.69) is 5.32 Å². The number of nitrogens with one attached hydrogen (secondary N) is 1. The minimum absolute atomic E-state index is 0.0229. The molecule has 1 N–H and O–H groups in total. The molecule has 0 heterocycles. The second kappa shape index (κ2) is 12.4. The van der Waals surface area contributed by atoms with Crippen LogP contribution < -0.4 is 9.62 Å². The number of carbonyl (C=O) groups excluding carboxylic acids is 2. The number of aryl methyl sites for hydroxylation is 2. The van der Waals surface area contributed by atoms with Crippen LogP contribution in [-0.2, 0) is 21.3 Å². The van der Waals surface area contributed by atoms with Gasteiger partial charge in [0.05, 0.1) is 34.9 Å². The summed E-state index contributed by atoms with van der Waals surface area (Å²) in [5.41, 5.74) is 3.52. The molecule has 0 aromatic heterocycles. The summed E-state index contributed by atoms with van der Waals surface area (Å²) in [5.74, 6) is -0.948. The smallest absolute Gasteiger partial charge is 0.338 e. The molecule has 0 fully saturated rings. The number of anilines is 2. The zero-order chi connectivity index (χ0) is 28.9. The lowest BCUT2D eigenvalue weighted by Crippen LogP contribution is -2.32. The van der Waals surface area contributed by atoms with Crippen molar-refractivity contribution in [2.75, 3.05) is 16.2 Å². The Morgan fingerprint density at radius 2 is 1.57 bits per heavy atom. The molecule has 0 radical (unpaired) electrons. The monoisotopic (exact) mass is 576 g/mol. The number of benzene rings is 4. The van der Waals surface area contributed by atoms with Gasteiger partial charge in [0.2, 0.25) is 0 Å². The predicted molar refractivity (Wildman–Crippen MR) is 158 cm³/mol. The van der Waals surface area contributed by atoms with Crippen LogP contribution in [0.3, 0.4) is 0 Å². The van der Waals surface area contributed by atoms with E-state index in [0.717, 1.165) is 5.56 Å². The molecular formula is C31H29ClN2O5S. The van der Waals surface area contributed by atoms with Crippen molar-refractivity contribution in [3.8, 4) is 0 Å². The Kier molecular flexibility index (Phi) is 8.92. The number of halogens is 1. The van der Waals surface area contributed by atoms with Gasteiger partial charge in [-0.25, -0.2) is 13.2 Å². The second-order valence-corrected chi connectivity index (χ2v) is 11.5. The minimum Gasteiger partial charge on any atom is -0.462 e. The highest BCUT2D eigenvalue weighted by atomic mass is 35.5. The van der Waals surface area contributed by atoms with E-state index in [4.69, 9.17) is 16.3 Å². The van der Waals surface area contributed by atoms with Gasteiger partial charge in [-0.3, -0.25) is 9.10 Å². The molecule has 4 aromatic carbocycles. The number of hydrogen-bond donors (Lipinski definition) is 1. The van der Waals surface area contributed by atoms with Crippen LogP contribution in [-0.4, -0.2) is 26.9 Å². The number of rotatable bonds is 9. The Labute approximate surface area is 239 Å². The summed E-state index contributed by atoms with van der Waals surface area (Å²) in [5, 5.41) is 3.39. The van der Waals surface area contributed by atoms with Crippen molar-refractivity contribution in [1.82, 2.24) is 0 Å². The van der Waals surface area contributed by atoms with Crippen LogP contribution in [0.1, 0.15) is 44.3 Å². The van der Waals surface area contributed by atoms with E-state index in [1.54, 1.807) is 105 Å². The molecule has 9 heteroatoms. The number of hydrogen-bond acceptors (Lipinski definition) is 5.